The first-order valence-corrected chi connectivity index (χ1v) is 8.37. The second kappa shape index (κ2) is 5.41. The molecule has 0 radical (unpaired) electrons. The van der Waals surface area contributed by atoms with E-state index in [-0.39, 0.29) is 11.8 Å². The smallest absolute Gasteiger partial charge is 0.256 e. The number of anilines is 2. The maximum Gasteiger partial charge on any atom is 0.256 e. The molecular formula is C18H22N4O. The lowest BCUT2D eigenvalue weighted by atomic mass is 9.89. The highest BCUT2D eigenvalue weighted by molar-refractivity contribution is 5.90. The van der Waals surface area contributed by atoms with Gasteiger partial charge in [-0.3, -0.25) is 4.79 Å². The van der Waals surface area contributed by atoms with Crippen molar-refractivity contribution in [1.29, 1.82) is 0 Å². The van der Waals surface area contributed by atoms with Crippen LogP contribution in [0.15, 0.2) is 24.3 Å². The summed E-state index contributed by atoms with van der Waals surface area (Å²) in [6.45, 7) is 0.869. The van der Waals surface area contributed by atoms with Crippen LogP contribution in [-0.2, 0) is 12.8 Å². The summed E-state index contributed by atoms with van der Waals surface area (Å²) in [4.78, 5) is 15.3. The van der Waals surface area contributed by atoms with Gasteiger partial charge in [0.1, 0.15) is 5.82 Å². The second-order valence-electron chi connectivity index (χ2n) is 6.59. The van der Waals surface area contributed by atoms with Crippen LogP contribution in [0.25, 0.3) is 0 Å². The number of fused-ring (bicyclic) bond motifs is 2. The summed E-state index contributed by atoms with van der Waals surface area (Å²) >= 11 is 0. The highest BCUT2D eigenvalue weighted by atomic mass is 16.2. The van der Waals surface area contributed by atoms with Gasteiger partial charge in [0, 0.05) is 24.8 Å². The van der Waals surface area contributed by atoms with E-state index >= 15 is 0 Å². The summed E-state index contributed by atoms with van der Waals surface area (Å²) in [6, 6.07) is 8.14. The van der Waals surface area contributed by atoms with Crippen LogP contribution in [0.5, 0.6) is 0 Å². The molecule has 1 atom stereocenters. The number of carbonyl (C=O) groups is 1. The highest BCUT2D eigenvalue weighted by Crippen LogP contribution is 2.36. The average molecular weight is 310 g/mol. The molecule has 0 fully saturated rings. The first-order valence-electron chi connectivity index (χ1n) is 8.37. The number of nitrogen functional groups attached to an aromatic ring is 1. The Morgan fingerprint density at radius 1 is 1.26 bits per heavy atom. The van der Waals surface area contributed by atoms with Crippen LogP contribution in [-0.4, -0.2) is 29.3 Å². The topological polar surface area (TPSA) is 64.2 Å². The Hall–Kier alpha value is -2.30. The third-order valence-electron chi connectivity index (χ3n) is 5.18. The summed E-state index contributed by atoms with van der Waals surface area (Å²) in [5.41, 5.74) is 10.6. The van der Waals surface area contributed by atoms with E-state index in [1.165, 1.54) is 4.68 Å². The average Bonchev–Trinajstić information content (AvgIpc) is 2.92. The molecule has 5 heteroatoms. The molecule has 1 aromatic carbocycles. The normalized spacial score (nSPS) is 20.0. The van der Waals surface area contributed by atoms with Gasteiger partial charge in [-0.05, 0) is 43.7 Å². The van der Waals surface area contributed by atoms with E-state index in [9.17, 15) is 4.79 Å². The quantitative estimate of drug-likeness (QED) is 0.879. The number of nitrogens with zero attached hydrogens (tertiary/aromatic N) is 3. The lowest BCUT2D eigenvalue weighted by Crippen LogP contribution is -2.33. The van der Waals surface area contributed by atoms with Crippen LogP contribution in [0.1, 0.15) is 46.8 Å². The maximum absolute atomic E-state index is 13.1. The Labute approximate surface area is 136 Å². The van der Waals surface area contributed by atoms with Gasteiger partial charge < -0.3 is 10.6 Å². The Morgan fingerprint density at radius 3 is 2.87 bits per heavy atom. The molecule has 1 aliphatic carbocycles. The summed E-state index contributed by atoms with van der Waals surface area (Å²) in [5.74, 6) is 0.407. The van der Waals surface area contributed by atoms with E-state index in [0.717, 1.165) is 61.2 Å². The fourth-order valence-electron chi connectivity index (χ4n) is 3.88. The van der Waals surface area contributed by atoms with E-state index in [4.69, 9.17) is 5.73 Å². The number of para-hydroxylation sites is 1. The van der Waals surface area contributed by atoms with Gasteiger partial charge in [-0.25, -0.2) is 0 Å². The summed E-state index contributed by atoms with van der Waals surface area (Å²) in [7, 11) is 2.07. The summed E-state index contributed by atoms with van der Waals surface area (Å²) in [5, 5.41) is 4.55. The zero-order chi connectivity index (χ0) is 16.0. The van der Waals surface area contributed by atoms with Crippen LogP contribution >= 0.6 is 0 Å². The monoisotopic (exact) mass is 310 g/mol. The van der Waals surface area contributed by atoms with Crippen molar-refractivity contribution in [3.05, 3.63) is 41.1 Å². The number of hydrogen-bond donors (Lipinski definition) is 1. The molecule has 2 aromatic rings. The van der Waals surface area contributed by atoms with E-state index in [2.05, 4.69) is 23.1 Å². The van der Waals surface area contributed by atoms with Crippen molar-refractivity contribution in [2.24, 2.45) is 0 Å². The molecule has 1 aliphatic heterocycles. The summed E-state index contributed by atoms with van der Waals surface area (Å²) < 4.78 is 1.47. The molecule has 2 N–H and O–H groups in total. The Balaban J connectivity index is 1.73. The van der Waals surface area contributed by atoms with Crippen molar-refractivity contribution in [2.75, 3.05) is 24.2 Å². The number of benzene rings is 1. The van der Waals surface area contributed by atoms with Gasteiger partial charge in [0.05, 0.1) is 11.6 Å². The minimum Gasteiger partial charge on any atom is -0.383 e. The third-order valence-corrected chi connectivity index (χ3v) is 5.18. The van der Waals surface area contributed by atoms with E-state index in [0.29, 0.717) is 5.82 Å². The van der Waals surface area contributed by atoms with E-state index in [1.807, 2.05) is 18.2 Å². The minimum absolute atomic E-state index is 0.0115. The predicted molar refractivity (Wildman–Crippen MR) is 91.0 cm³/mol. The van der Waals surface area contributed by atoms with Gasteiger partial charge in [0.25, 0.3) is 5.91 Å². The Morgan fingerprint density at radius 2 is 2.04 bits per heavy atom. The molecule has 2 aliphatic rings. The number of rotatable bonds is 1. The van der Waals surface area contributed by atoms with Crippen LogP contribution in [0.3, 0.4) is 0 Å². The summed E-state index contributed by atoms with van der Waals surface area (Å²) in [6.07, 6.45) is 4.95. The van der Waals surface area contributed by atoms with Crippen LogP contribution in [0.2, 0.25) is 0 Å². The Bertz CT molecular complexity index is 764. The van der Waals surface area contributed by atoms with Gasteiger partial charge in [0.2, 0.25) is 0 Å². The zero-order valence-corrected chi connectivity index (χ0v) is 13.5. The van der Waals surface area contributed by atoms with Gasteiger partial charge in [0.15, 0.2) is 0 Å². The minimum atomic E-state index is -0.161. The number of nitrogens with two attached hydrogens (primary N) is 1. The van der Waals surface area contributed by atoms with E-state index < -0.39 is 0 Å². The number of aromatic nitrogens is 2. The first kappa shape index (κ1) is 14.3. The molecule has 120 valence electrons. The molecule has 0 unspecified atom stereocenters. The van der Waals surface area contributed by atoms with Gasteiger partial charge in [-0.15, -0.1) is 0 Å². The highest BCUT2D eigenvalue weighted by Gasteiger charge is 2.32. The van der Waals surface area contributed by atoms with Crippen molar-refractivity contribution in [3.63, 3.8) is 0 Å². The predicted octanol–water partition coefficient (Wildman–Crippen LogP) is 2.61. The molecule has 5 nitrogen and oxygen atoms in total. The molecule has 0 saturated carbocycles. The van der Waals surface area contributed by atoms with Crippen LogP contribution in [0, 0.1) is 0 Å². The molecule has 0 saturated heterocycles. The van der Waals surface area contributed by atoms with Crippen molar-refractivity contribution < 1.29 is 4.79 Å². The number of carbonyl (C=O) groups excluding carboxylic acids is 1. The largest absolute Gasteiger partial charge is 0.383 e. The van der Waals surface area contributed by atoms with Crippen molar-refractivity contribution >= 4 is 17.4 Å². The van der Waals surface area contributed by atoms with Gasteiger partial charge in [-0.2, -0.15) is 9.78 Å². The number of hydrogen-bond acceptors (Lipinski definition) is 4. The molecule has 1 aromatic heterocycles. The molecule has 2 heterocycles. The fourth-order valence-corrected chi connectivity index (χ4v) is 3.88. The second-order valence-corrected chi connectivity index (χ2v) is 6.59. The SMILES string of the molecule is CN1CC[C@H](C(=O)n2nc3c(c2N)CCCC3)c2ccccc21. The lowest BCUT2D eigenvalue weighted by Gasteiger charge is -2.32. The zero-order valence-electron chi connectivity index (χ0n) is 13.5. The Kier molecular flexibility index (Phi) is 3.36. The van der Waals surface area contributed by atoms with Gasteiger partial charge in [-0.1, -0.05) is 18.2 Å². The lowest BCUT2D eigenvalue weighted by molar-refractivity contribution is 0.0858. The molecule has 4 rings (SSSR count). The third kappa shape index (κ3) is 2.22. The van der Waals surface area contributed by atoms with Crippen molar-refractivity contribution in [2.45, 2.75) is 38.0 Å². The standard InChI is InChI=1S/C18H22N4O/c1-21-11-10-13(12-6-3-5-9-16(12)21)18(23)22-17(19)14-7-2-4-8-15(14)20-22/h3,5-6,9,13H,2,4,7-8,10-11,19H2,1H3/t13-/m0/s1. The first-order chi connectivity index (χ1) is 11.2. The molecule has 0 amide bonds. The molecule has 23 heavy (non-hydrogen) atoms. The number of aryl methyl sites for hydroxylation is 1. The van der Waals surface area contributed by atoms with E-state index in [1.54, 1.807) is 0 Å². The molecular weight excluding hydrogens is 288 g/mol. The van der Waals surface area contributed by atoms with Crippen molar-refractivity contribution in [1.82, 2.24) is 9.78 Å². The van der Waals surface area contributed by atoms with Crippen LogP contribution in [0.4, 0.5) is 11.5 Å². The maximum atomic E-state index is 13.1. The molecule has 0 spiro atoms. The van der Waals surface area contributed by atoms with Gasteiger partial charge >= 0.3 is 0 Å². The fraction of sp³-hybridized carbons (Fsp3) is 0.444. The molecule has 0 bridgehead atoms. The van der Waals surface area contributed by atoms with Crippen molar-refractivity contribution in [3.8, 4) is 0 Å². The van der Waals surface area contributed by atoms with Crippen LogP contribution < -0.4 is 10.6 Å².